The summed E-state index contributed by atoms with van der Waals surface area (Å²) >= 11 is 0. The number of hydrogen-bond donors (Lipinski definition) is 1. The fraction of sp³-hybridized carbons (Fsp3) is 0.533. The molecule has 3 rings (SSSR count). The van der Waals surface area contributed by atoms with Crippen molar-refractivity contribution in [1.29, 1.82) is 0 Å². The molecule has 3 heterocycles. The van der Waals surface area contributed by atoms with Gasteiger partial charge in [0.15, 0.2) is 0 Å². The van der Waals surface area contributed by atoms with E-state index in [-0.39, 0.29) is 0 Å². The Morgan fingerprint density at radius 2 is 2.00 bits per heavy atom. The molecule has 2 aromatic rings. The minimum atomic E-state index is 0.452. The highest BCUT2D eigenvalue weighted by Crippen LogP contribution is 2.26. The van der Waals surface area contributed by atoms with Gasteiger partial charge in [0.2, 0.25) is 0 Å². The van der Waals surface area contributed by atoms with Gasteiger partial charge in [-0.3, -0.25) is 4.90 Å². The minimum absolute atomic E-state index is 0.452. The summed E-state index contributed by atoms with van der Waals surface area (Å²) in [4.78, 5) is 19.2. The number of aromatic amines is 1. The predicted octanol–water partition coefficient (Wildman–Crippen LogP) is 2.11. The minimum Gasteiger partial charge on any atom is -0.348 e. The molecule has 0 bridgehead atoms. The molecule has 1 atom stereocenters. The summed E-state index contributed by atoms with van der Waals surface area (Å²) in [5.74, 6) is 1.46. The topological polar surface area (TPSA) is 57.7 Å². The number of aryl methyl sites for hydroxylation is 3. The first kappa shape index (κ1) is 13.2. The molecule has 1 aliphatic rings. The van der Waals surface area contributed by atoms with Crippen molar-refractivity contribution in [3.8, 4) is 0 Å². The predicted molar refractivity (Wildman–Crippen MR) is 77.5 cm³/mol. The number of rotatable bonds is 3. The van der Waals surface area contributed by atoms with E-state index >= 15 is 0 Å². The molecule has 2 aromatic heterocycles. The average molecular weight is 271 g/mol. The van der Waals surface area contributed by atoms with Crippen LogP contribution in [-0.2, 0) is 6.54 Å². The van der Waals surface area contributed by atoms with E-state index in [1.54, 1.807) is 6.33 Å². The van der Waals surface area contributed by atoms with Crippen LogP contribution >= 0.6 is 0 Å². The number of nitrogens with zero attached hydrogens (tertiary/aromatic N) is 4. The molecule has 1 fully saturated rings. The van der Waals surface area contributed by atoms with Crippen molar-refractivity contribution >= 4 is 0 Å². The molecule has 0 spiro atoms. The van der Waals surface area contributed by atoms with Crippen molar-refractivity contribution in [2.24, 2.45) is 0 Å². The van der Waals surface area contributed by atoms with E-state index in [0.717, 1.165) is 54.7 Å². The fourth-order valence-corrected chi connectivity index (χ4v) is 2.88. The van der Waals surface area contributed by atoms with Gasteiger partial charge >= 0.3 is 0 Å². The number of likely N-dealkylation sites (tertiary alicyclic amines) is 1. The zero-order valence-corrected chi connectivity index (χ0v) is 12.3. The Labute approximate surface area is 119 Å². The van der Waals surface area contributed by atoms with Gasteiger partial charge in [-0.05, 0) is 39.8 Å². The molecule has 1 unspecified atom stereocenters. The molecule has 1 saturated heterocycles. The molecule has 0 aliphatic carbocycles. The summed E-state index contributed by atoms with van der Waals surface area (Å²) in [5, 5.41) is 0. The van der Waals surface area contributed by atoms with Crippen molar-refractivity contribution < 1.29 is 0 Å². The Balaban J connectivity index is 1.69. The SMILES string of the molecule is Cc1cc(C)nc(C2CCN(Cc3nc[nH]c3C)C2)n1. The van der Waals surface area contributed by atoms with E-state index in [0.29, 0.717) is 5.92 Å². The Bertz CT molecular complexity index is 584. The second kappa shape index (κ2) is 5.32. The van der Waals surface area contributed by atoms with Crippen LogP contribution in [0.4, 0.5) is 0 Å². The van der Waals surface area contributed by atoms with E-state index in [1.165, 1.54) is 0 Å². The van der Waals surface area contributed by atoms with Gasteiger partial charge in [-0.25, -0.2) is 15.0 Å². The smallest absolute Gasteiger partial charge is 0.133 e. The van der Waals surface area contributed by atoms with Crippen LogP contribution in [0.1, 0.15) is 40.9 Å². The lowest BCUT2D eigenvalue weighted by atomic mass is 10.1. The molecule has 106 valence electrons. The average Bonchev–Trinajstić information content (AvgIpc) is 2.99. The summed E-state index contributed by atoms with van der Waals surface area (Å²) in [6.45, 7) is 9.18. The fourth-order valence-electron chi connectivity index (χ4n) is 2.88. The Kier molecular flexibility index (Phi) is 3.53. The summed E-state index contributed by atoms with van der Waals surface area (Å²) in [6, 6.07) is 2.03. The van der Waals surface area contributed by atoms with Gasteiger partial charge in [0.25, 0.3) is 0 Å². The Hall–Kier alpha value is -1.75. The van der Waals surface area contributed by atoms with Crippen LogP contribution in [-0.4, -0.2) is 37.9 Å². The van der Waals surface area contributed by atoms with Crippen molar-refractivity contribution in [2.45, 2.75) is 39.7 Å². The van der Waals surface area contributed by atoms with Crippen molar-refractivity contribution in [3.63, 3.8) is 0 Å². The van der Waals surface area contributed by atoms with Gasteiger partial charge < -0.3 is 4.98 Å². The van der Waals surface area contributed by atoms with Gasteiger partial charge in [-0.1, -0.05) is 0 Å². The van der Waals surface area contributed by atoms with Gasteiger partial charge in [0, 0.05) is 36.1 Å². The van der Waals surface area contributed by atoms with Crippen LogP contribution in [0.25, 0.3) is 0 Å². The molecular weight excluding hydrogens is 250 g/mol. The quantitative estimate of drug-likeness (QED) is 0.929. The maximum absolute atomic E-state index is 4.61. The van der Waals surface area contributed by atoms with Gasteiger partial charge in [-0.15, -0.1) is 0 Å². The lowest BCUT2D eigenvalue weighted by Crippen LogP contribution is -2.21. The maximum atomic E-state index is 4.61. The molecule has 5 nitrogen and oxygen atoms in total. The third-order valence-corrected chi connectivity index (χ3v) is 3.94. The summed E-state index contributed by atoms with van der Waals surface area (Å²) in [6.07, 6.45) is 2.90. The molecule has 5 heteroatoms. The van der Waals surface area contributed by atoms with Crippen LogP contribution in [0.15, 0.2) is 12.4 Å². The first-order valence-electron chi connectivity index (χ1n) is 7.15. The first-order valence-corrected chi connectivity index (χ1v) is 7.15. The van der Waals surface area contributed by atoms with Crippen LogP contribution in [0.5, 0.6) is 0 Å². The van der Waals surface area contributed by atoms with Crippen LogP contribution in [0.2, 0.25) is 0 Å². The second-order valence-electron chi connectivity index (χ2n) is 5.70. The number of hydrogen-bond acceptors (Lipinski definition) is 4. The van der Waals surface area contributed by atoms with Gasteiger partial charge in [0.05, 0.1) is 12.0 Å². The molecule has 0 radical (unpaired) electrons. The summed E-state index contributed by atoms with van der Waals surface area (Å²) in [5.41, 5.74) is 4.44. The molecule has 0 amide bonds. The first-order chi connectivity index (χ1) is 9.61. The van der Waals surface area contributed by atoms with Crippen molar-refractivity contribution in [2.75, 3.05) is 13.1 Å². The molecule has 0 saturated carbocycles. The monoisotopic (exact) mass is 271 g/mol. The second-order valence-corrected chi connectivity index (χ2v) is 5.70. The van der Waals surface area contributed by atoms with E-state index in [1.807, 2.05) is 19.9 Å². The molecular formula is C15H21N5. The molecule has 0 aromatic carbocycles. The van der Waals surface area contributed by atoms with Crippen LogP contribution in [0.3, 0.4) is 0 Å². The molecule has 1 N–H and O–H groups in total. The lowest BCUT2D eigenvalue weighted by Gasteiger charge is -2.15. The zero-order valence-electron chi connectivity index (χ0n) is 12.3. The number of imidazole rings is 1. The third kappa shape index (κ3) is 2.72. The molecule has 1 aliphatic heterocycles. The van der Waals surface area contributed by atoms with Crippen molar-refractivity contribution in [1.82, 2.24) is 24.8 Å². The normalized spacial score (nSPS) is 19.6. The van der Waals surface area contributed by atoms with Gasteiger partial charge in [-0.2, -0.15) is 0 Å². The van der Waals surface area contributed by atoms with E-state index < -0.39 is 0 Å². The highest BCUT2D eigenvalue weighted by atomic mass is 15.2. The van der Waals surface area contributed by atoms with Crippen LogP contribution < -0.4 is 0 Å². The number of nitrogens with one attached hydrogen (secondary N) is 1. The maximum Gasteiger partial charge on any atom is 0.133 e. The van der Waals surface area contributed by atoms with E-state index in [9.17, 15) is 0 Å². The standard InChI is InChI=1S/C15H21N5/c1-10-6-11(2)19-15(18-10)13-4-5-20(7-13)8-14-12(3)16-9-17-14/h6,9,13H,4-5,7-8H2,1-3H3,(H,16,17). The summed E-state index contributed by atoms with van der Waals surface area (Å²) < 4.78 is 0. The number of aromatic nitrogens is 4. The van der Waals surface area contributed by atoms with E-state index in [2.05, 4.69) is 31.8 Å². The van der Waals surface area contributed by atoms with Crippen LogP contribution in [0, 0.1) is 20.8 Å². The summed E-state index contributed by atoms with van der Waals surface area (Å²) in [7, 11) is 0. The highest BCUT2D eigenvalue weighted by Gasteiger charge is 2.26. The Morgan fingerprint density at radius 3 is 2.65 bits per heavy atom. The zero-order chi connectivity index (χ0) is 14.1. The van der Waals surface area contributed by atoms with Gasteiger partial charge in [0.1, 0.15) is 5.82 Å². The highest BCUT2D eigenvalue weighted by molar-refractivity contribution is 5.13. The third-order valence-electron chi connectivity index (χ3n) is 3.94. The van der Waals surface area contributed by atoms with Crippen molar-refractivity contribution in [3.05, 3.63) is 41.0 Å². The molecule has 20 heavy (non-hydrogen) atoms. The lowest BCUT2D eigenvalue weighted by molar-refractivity contribution is 0.321. The number of H-pyrrole nitrogens is 1. The van der Waals surface area contributed by atoms with E-state index in [4.69, 9.17) is 0 Å². The largest absolute Gasteiger partial charge is 0.348 e. The Morgan fingerprint density at radius 1 is 1.25 bits per heavy atom.